The van der Waals surface area contributed by atoms with Crippen LogP contribution in [0.15, 0.2) is 35.3 Å². The number of rotatable bonds is 1. The van der Waals surface area contributed by atoms with Gasteiger partial charge in [-0.2, -0.15) is 0 Å². The number of H-pyrrole nitrogens is 2. The number of aromatic nitrogens is 2. The topological polar surface area (TPSA) is 91.8 Å². The lowest BCUT2D eigenvalue weighted by Gasteiger charge is -1.99. The van der Waals surface area contributed by atoms with Crippen molar-refractivity contribution in [2.45, 2.75) is 0 Å². The van der Waals surface area contributed by atoms with Crippen LogP contribution in [-0.4, -0.2) is 14.9 Å². The van der Waals surface area contributed by atoms with Gasteiger partial charge in [0, 0.05) is 34.6 Å². The summed E-state index contributed by atoms with van der Waals surface area (Å²) in [6, 6.07) is 6.11. The van der Waals surface area contributed by atoms with Crippen LogP contribution in [0.2, 0.25) is 0 Å². The van der Waals surface area contributed by atoms with E-state index in [0.29, 0.717) is 21.8 Å². The largest absolute Gasteiger partial charge is 0.357 e. The molecule has 0 aliphatic heterocycles. The SMILES string of the molecule is O=c1[nH]c2ccc([N+](=O)[O-])cc2c2cc[nH]c12. The molecule has 2 aromatic heterocycles. The summed E-state index contributed by atoms with van der Waals surface area (Å²) < 4.78 is 0. The molecular formula is C11H7N3O3. The first-order valence-electron chi connectivity index (χ1n) is 4.94. The highest BCUT2D eigenvalue weighted by atomic mass is 16.6. The number of non-ortho nitro benzene ring substituents is 1. The molecule has 0 spiro atoms. The number of fused-ring (bicyclic) bond motifs is 3. The van der Waals surface area contributed by atoms with Gasteiger partial charge in [-0.15, -0.1) is 0 Å². The third-order valence-corrected chi connectivity index (χ3v) is 2.73. The Balaban J connectivity index is 2.53. The fraction of sp³-hybridized carbons (Fsp3) is 0. The van der Waals surface area contributed by atoms with Gasteiger partial charge in [0.2, 0.25) is 0 Å². The molecule has 0 bridgehead atoms. The Kier molecular flexibility index (Phi) is 1.79. The van der Waals surface area contributed by atoms with E-state index < -0.39 is 4.92 Å². The van der Waals surface area contributed by atoms with Gasteiger partial charge in [-0.3, -0.25) is 14.9 Å². The lowest BCUT2D eigenvalue weighted by molar-refractivity contribution is -0.384. The molecule has 0 unspecified atom stereocenters. The molecule has 6 nitrogen and oxygen atoms in total. The Morgan fingerprint density at radius 3 is 2.76 bits per heavy atom. The fourth-order valence-electron chi connectivity index (χ4n) is 1.94. The molecule has 0 amide bonds. The van der Waals surface area contributed by atoms with Crippen molar-refractivity contribution in [3.05, 3.63) is 50.9 Å². The predicted molar refractivity (Wildman–Crippen MR) is 63.1 cm³/mol. The minimum atomic E-state index is -0.455. The summed E-state index contributed by atoms with van der Waals surface area (Å²) >= 11 is 0. The Morgan fingerprint density at radius 2 is 2.00 bits per heavy atom. The summed E-state index contributed by atoms with van der Waals surface area (Å²) in [4.78, 5) is 27.4. The monoisotopic (exact) mass is 229 g/mol. The minimum absolute atomic E-state index is 0.00653. The molecule has 2 N–H and O–H groups in total. The lowest BCUT2D eigenvalue weighted by Crippen LogP contribution is -2.06. The second-order valence-electron chi connectivity index (χ2n) is 3.71. The number of nitrogens with one attached hydrogen (secondary N) is 2. The van der Waals surface area contributed by atoms with E-state index in [1.165, 1.54) is 12.1 Å². The number of nitro groups is 1. The number of aromatic amines is 2. The molecule has 0 aliphatic carbocycles. The number of hydrogen-bond donors (Lipinski definition) is 2. The lowest BCUT2D eigenvalue weighted by atomic mass is 10.1. The molecule has 0 saturated heterocycles. The van der Waals surface area contributed by atoms with Crippen molar-refractivity contribution in [1.82, 2.24) is 9.97 Å². The van der Waals surface area contributed by atoms with E-state index in [2.05, 4.69) is 9.97 Å². The molecule has 17 heavy (non-hydrogen) atoms. The third kappa shape index (κ3) is 1.31. The zero-order chi connectivity index (χ0) is 12.0. The van der Waals surface area contributed by atoms with E-state index in [0.717, 1.165) is 0 Å². The number of hydrogen-bond acceptors (Lipinski definition) is 3. The zero-order valence-electron chi connectivity index (χ0n) is 8.56. The van der Waals surface area contributed by atoms with Crippen LogP contribution in [0, 0.1) is 10.1 Å². The Labute approximate surface area is 94.0 Å². The first-order chi connectivity index (χ1) is 8.16. The van der Waals surface area contributed by atoms with Crippen LogP contribution in [0.1, 0.15) is 0 Å². The molecule has 84 valence electrons. The van der Waals surface area contributed by atoms with E-state index in [1.54, 1.807) is 18.3 Å². The van der Waals surface area contributed by atoms with Crippen LogP contribution >= 0.6 is 0 Å². The van der Waals surface area contributed by atoms with Crippen LogP contribution in [-0.2, 0) is 0 Å². The summed E-state index contributed by atoms with van der Waals surface area (Å²) in [5.74, 6) is 0. The molecule has 0 atom stereocenters. The second kappa shape index (κ2) is 3.18. The van der Waals surface area contributed by atoms with Crippen molar-refractivity contribution in [3.8, 4) is 0 Å². The van der Waals surface area contributed by atoms with Crippen LogP contribution in [0.3, 0.4) is 0 Å². The minimum Gasteiger partial charge on any atom is -0.357 e. The van der Waals surface area contributed by atoms with Gasteiger partial charge in [-0.25, -0.2) is 0 Å². The van der Waals surface area contributed by atoms with Crippen molar-refractivity contribution < 1.29 is 4.92 Å². The fourth-order valence-corrected chi connectivity index (χ4v) is 1.94. The maximum absolute atomic E-state index is 11.7. The normalized spacial score (nSPS) is 11.1. The summed E-state index contributed by atoms with van der Waals surface area (Å²) in [5, 5.41) is 12.1. The smallest absolute Gasteiger partial charge is 0.272 e. The molecule has 6 heteroatoms. The van der Waals surface area contributed by atoms with E-state index in [-0.39, 0.29) is 11.2 Å². The quantitative estimate of drug-likeness (QED) is 0.493. The first kappa shape index (κ1) is 9.59. The van der Waals surface area contributed by atoms with Gasteiger partial charge >= 0.3 is 0 Å². The van der Waals surface area contributed by atoms with Crippen molar-refractivity contribution >= 4 is 27.5 Å². The maximum Gasteiger partial charge on any atom is 0.272 e. The third-order valence-electron chi connectivity index (χ3n) is 2.73. The van der Waals surface area contributed by atoms with Gasteiger partial charge in [0.25, 0.3) is 11.2 Å². The van der Waals surface area contributed by atoms with Crippen LogP contribution < -0.4 is 5.56 Å². The van der Waals surface area contributed by atoms with Crippen molar-refractivity contribution in [1.29, 1.82) is 0 Å². The van der Waals surface area contributed by atoms with E-state index in [4.69, 9.17) is 0 Å². The maximum atomic E-state index is 11.7. The Bertz CT molecular complexity index is 800. The standard InChI is InChI=1S/C11H7N3O3/c15-11-10-7(3-4-12-10)8-5-6(14(16)17)1-2-9(8)13-11/h1-5,12H,(H,13,15). The van der Waals surface area contributed by atoms with E-state index in [1.807, 2.05) is 0 Å². The Hall–Kier alpha value is -2.63. The highest BCUT2D eigenvalue weighted by Gasteiger charge is 2.10. The summed E-state index contributed by atoms with van der Waals surface area (Å²) in [6.45, 7) is 0. The van der Waals surface area contributed by atoms with Gasteiger partial charge in [-0.05, 0) is 12.1 Å². The molecule has 0 saturated carbocycles. The number of nitro benzene ring substituents is 1. The van der Waals surface area contributed by atoms with Crippen molar-refractivity contribution in [2.24, 2.45) is 0 Å². The second-order valence-corrected chi connectivity index (χ2v) is 3.71. The zero-order valence-corrected chi connectivity index (χ0v) is 8.56. The van der Waals surface area contributed by atoms with Gasteiger partial charge in [0.1, 0.15) is 5.52 Å². The van der Waals surface area contributed by atoms with Crippen molar-refractivity contribution in [2.75, 3.05) is 0 Å². The predicted octanol–water partition coefficient (Wildman–Crippen LogP) is 1.92. The summed E-state index contributed by atoms with van der Waals surface area (Å²) in [5.41, 5.74) is 0.795. The van der Waals surface area contributed by atoms with Crippen LogP contribution in [0.5, 0.6) is 0 Å². The highest BCUT2D eigenvalue weighted by molar-refractivity contribution is 6.04. The summed E-state index contributed by atoms with van der Waals surface area (Å²) in [7, 11) is 0. The summed E-state index contributed by atoms with van der Waals surface area (Å²) in [6.07, 6.45) is 1.64. The number of pyridine rings is 1. The van der Waals surface area contributed by atoms with Crippen molar-refractivity contribution in [3.63, 3.8) is 0 Å². The average molecular weight is 229 g/mol. The molecule has 3 aromatic rings. The van der Waals surface area contributed by atoms with Gasteiger partial charge < -0.3 is 9.97 Å². The molecule has 2 heterocycles. The molecule has 0 radical (unpaired) electrons. The number of benzene rings is 1. The van der Waals surface area contributed by atoms with E-state index >= 15 is 0 Å². The highest BCUT2D eigenvalue weighted by Crippen LogP contribution is 2.24. The van der Waals surface area contributed by atoms with E-state index in [9.17, 15) is 14.9 Å². The molecule has 0 fully saturated rings. The molecular weight excluding hydrogens is 222 g/mol. The Morgan fingerprint density at radius 1 is 1.18 bits per heavy atom. The first-order valence-corrected chi connectivity index (χ1v) is 4.94. The van der Waals surface area contributed by atoms with Gasteiger partial charge in [0.05, 0.1) is 4.92 Å². The molecule has 3 rings (SSSR count). The average Bonchev–Trinajstić information content (AvgIpc) is 2.78. The molecule has 0 aliphatic rings. The van der Waals surface area contributed by atoms with Crippen LogP contribution in [0.25, 0.3) is 21.8 Å². The van der Waals surface area contributed by atoms with Crippen LogP contribution in [0.4, 0.5) is 5.69 Å². The van der Waals surface area contributed by atoms with Gasteiger partial charge in [0.15, 0.2) is 0 Å². The number of nitrogens with zero attached hydrogens (tertiary/aromatic N) is 1. The van der Waals surface area contributed by atoms with Gasteiger partial charge in [-0.1, -0.05) is 0 Å². The molecule has 1 aromatic carbocycles.